The van der Waals surface area contributed by atoms with Crippen molar-refractivity contribution in [2.75, 3.05) is 18.5 Å². The summed E-state index contributed by atoms with van der Waals surface area (Å²) in [6.45, 7) is 2.50. The maximum absolute atomic E-state index is 12.4. The van der Waals surface area contributed by atoms with Crippen molar-refractivity contribution in [1.82, 2.24) is 10.4 Å². The van der Waals surface area contributed by atoms with Crippen molar-refractivity contribution in [3.63, 3.8) is 0 Å². The third-order valence-corrected chi connectivity index (χ3v) is 5.69. The van der Waals surface area contributed by atoms with Gasteiger partial charge in [-0.15, -0.1) is 11.3 Å². The van der Waals surface area contributed by atoms with Gasteiger partial charge in [-0.3, -0.25) is 20.0 Å². The number of aromatic nitrogens is 1. The summed E-state index contributed by atoms with van der Waals surface area (Å²) in [6, 6.07) is 0. The second kappa shape index (κ2) is 8.84. The molecule has 0 saturated heterocycles. The molecule has 0 atom stereocenters. The summed E-state index contributed by atoms with van der Waals surface area (Å²) in [5, 5.41) is 20.1. The molecule has 0 spiro atoms. The molecule has 5 N–H and O–H groups in total. The zero-order valence-corrected chi connectivity index (χ0v) is 14.8. The molecule has 9 heteroatoms. The lowest BCUT2D eigenvalue weighted by Gasteiger charge is -2.35. The van der Waals surface area contributed by atoms with Crippen molar-refractivity contribution >= 4 is 22.4 Å². The molecule has 2 rings (SSSR count). The Bertz CT molecular complexity index is 544. The topological polar surface area (TPSA) is 121 Å². The van der Waals surface area contributed by atoms with Gasteiger partial charge in [0.1, 0.15) is 0 Å². The van der Waals surface area contributed by atoms with Gasteiger partial charge in [-0.1, -0.05) is 19.3 Å². The van der Waals surface area contributed by atoms with Gasteiger partial charge in [0.25, 0.3) is 0 Å². The Morgan fingerprint density at radius 2 is 2.12 bits per heavy atom. The summed E-state index contributed by atoms with van der Waals surface area (Å²) in [5.41, 5.74) is 6.66. The van der Waals surface area contributed by atoms with Crippen LogP contribution in [0.4, 0.5) is 5.13 Å². The summed E-state index contributed by atoms with van der Waals surface area (Å²) in [7, 11) is 0. The molecule has 1 aromatic rings. The highest BCUT2D eigenvalue weighted by Gasteiger charge is 2.33. The maximum Gasteiger partial charge on any atom is 0.226 e. The normalized spacial score (nSPS) is 17.2. The summed E-state index contributed by atoms with van der Waals surface area (Å²) < 4.78 is 0. The first-order valence-electron chi connectivity index (χ1n) is 8.21. The molecule has 1 aromatic heterocycles. The number of nitrogens with zero attached hydrogens (tertiary/aromatic N) is 2. The standard InChI is InChI=1S/C15H26N4O4S/c1-11-12(5-8-23-19(21)22)24-14(17-11)18-13(20)9-15(10-16)6-3-2-4-7-15/h21-22H,2-10,16H2,1H3,(H,17,18,20). The Morgan fingerprint density at radius 3 is 2.75 bits per heavy atom. The third kappa shape index (κ3) is 5.47. The molecule has 0 bridgehead atoms. The van der Waals surface area contributed by atoms with E-state index in [0.717, 1.165) is 36.3 Å². The molecule has 8 nitrogen and oxygen atoms in total. The molecule has 1 aliphatic rings. The number of aryl methyl sites for hydroxylation is 1. The minimum Gasteiger partial charge on any atom is -0.330 e. The van der Waals surface area contributed by atoms with Crippen molar-refractivity contribution in [2.45, 2.75) is 51.9 Å². The number of hydrogen-bond acceptors (Lipinski definition) is 8. The fourth-order valence-corrected chi connectivity index (χ4v) is 4.15. The van der Waals surface area contributed by atoms with Gasteiger partial charge in [-0.25, -0.2) is 4.98 Å². The number of rotatable bonds is 8. The second-order valence-electron chi connectivity index (χ2n) is 6.35. The van der Waals surface area contributed by atoms with Crippen LogP contribution < -0.4 is 11.1 Å². The monoisotopic (exact) mass is 358 g/mol. The van der Waals surface area contributed by atoms with Crippen LogP contribution >= 0.6 is 11.3 Å². The summed E-state index contributed by atoms with van der Waals surface area (Å²) >= 11 is 1.37. The highest BCUT2D eigenvalue weighted by molar-refractivity contribution is 7.15. The Balaban J connectivity index is 1.89. The number of nitrogens with one attached hydrogen (secondary N) is 1. The van der Waals surface area contributed by atoms with E-state index in [1.807, 2.05) is 6.92 Å². The number of amides is 1. The quantitative estimate of drug-likeness (QED) is 0.526. The molecule has 1 amide bonds. The number of anilines is 1. The number of hydrogen-bond donors (Lipinski definition) is 4. The first-order chi connectivity index (χ1) is 11.4. The largest absolute Gasteiger partial charge is 0.330 e. The van der Waals surface area contributed by atoms with Gasteiger partial charge in [0.2, 0.25) is 5.91 Å². The summed E-state index contributed by atoms with van der Waals surface area (Å²) in [5.74, 6) is -0.0456. The molecule has 0 unspecified atom stereocenters. The third-order valence-electron chi connectivity index (χ3n) is 4.56. The van der Waals surface area contributed by atoms with Crippen molar-refractivity contribution in [2.24, 2.45) is 11.1 Å². The van der Waals surface area contributed by atoms with E-state index in [4.69, 9.17) is 16.1 Å². The van der Waals surface area contributed by atoms with Crippen LogP contribution in [-0.4, -0.2) is 39.8 Å². The Morgan fingerprint density at radius 1 is 1.42 bits per heavy atom. The zero-order valence-electron chi connectivity index (χ0n) is 14.0. The summed E-state index contributed by atoms with van der Waals surface area (Å²) in [4.78, 5) is 22.2. The molecule has 1 fully saturated rings. The van der Waals surface area contributed by atoms with E-state index in [0.29, 0.717) is 24.5 Å². The number of carbonyl (C=O) groups is 1. The fraction of sp³-hybridized carbons (Fsp3) is 0.733. The second-order valence-corrected chi connectivity index (χ2v) is 7.44. The lowest BCUT2D eigenvalue weighted by Crippen LogP contribution is -2.36. The Hall–Kier alpha value is -1.10. The molecule has 1 heterocycles. The fourth-order valence-electron chi connectivity index (χ4n) is 3.19. The van der Waals surface area contributed by atoms with Crippen molar-refractivity contribution in [3.8, 4) is 0 Å². The molecule has 24 heavy (non-hydrogen) atoms. The van der Waals surface area contributed by atoms with Gasteiger partial charge in [0.05, 0.1) is 17.7 Å². The maximum atomic E-state index is 12.4. The van der Waals surface area contributed by atoms with Gasteiger partial charge in [-0.2, -0.15) is 0 Å². The molecule has 1 aliphatic carbocycles. The first-order valence-corrected chi connectivity index (χ1v) is 9.03. The Kier molecular flexibility index (Phi) is 7.08. The van der Waals surface area contributed by atoms with E-state index in [9.17, 15) is 4.79 Å². The van der Waals surface area contributed by atoms with Crippen LogP contribution in [0.1, 0.15) is 49.1 Å². The van der Waals surface area contributed by atoms with Gasteiger partial charge >= 0.3 is 0 Å². The van der Waals surface area contributed by atoms with Crippen LogP contribution in [-0.2, 0) is 16.1 Å². The SMILES string of the molecule is Cc1nc(NC(=O)CC2(CN)CCCCC2)sc1CCON(O)O. The van der Waals surface area contributed by atoms with Crippen LogP contribution in [0.3, 0.4) is 0 Å². The van der Waals surface area contributed by atoms with E-state index in [2.05, 4.69) is 15.1 Å². The van der Waals surface area contributed by atoms with Gasteiger partial charge in [0, 0.05) is 17.7 Å². The van der Waals surface area contributed by atoms with Crippen LogP contribution in [0.2, 0.25) is 0 Å². The molecule has 1 saturated carbocycles. The van der Waals surface area contributed by atoms with Crippen molar-refractivity contribution < 1.29 is 20.0 Å². The lowest BCUT2D eigenvalue weighted by molar-refractivity contribution is -0.492. The van der Waals surface area contributed by atoms with Gasteiger partial charge in [-0.05, 0) is 31.7 Å². The number of thiazole rings is 1. The van der Waals surface area contributed by atoms with Crippen LogP contribution in [0.25, 0.3) is 0 Å². The minimum atomic E-state index is -0.310. The lowest BCUT2D eigenvalue weighted by atomic mass is 9.72. The highest BCUT2D eigenvalue weighted by atomic mass is 32.1. The van der Waals surface area contributed by atoms with Crippen molar-refractivity contribution in [1.29, 1.82) is 0 Å². The van der Waals surface area contributed by atoms with Crippen LogP contribution in [0.15, 0.2) is 0 Å². The molecule has 0 radical (unpaired) electrons. The van der Waals surface area contributed by atoms with E-state index in [1.165, 1.54) is 17.8 Å². The molecule has 0 aromatic carbocycles. The number of nitrogens with two attached hydrogens (primary N) is 1. The van der Waals surface area contributed by atoms with E-state index in [1.54, 1.807) is 0 Å². The van der Waals surface area contributed by atoms with Gasteiger partial charge in [0.15, 0.2) is 5.13 Å². The van der Waals surface area contributed by atoms with Crippen molar-refractivity contribution in [3.05, 3.63) is 10.6 Å². The molecular weight excluding hydrogens is 332 g/mol. The first kappa shape index (κ1) is 19.2. The molecular formula is C15H26N4O4S. The van der Waals surface area contributed by atoms with Crippen LogP contribution in [0.5, 0.6) is 0 Å². The van der Waals surface area contributed by atoms with E-state index in [-0.39, 0.29) is 23.3 Å². The molecule has 0 aliphatic heterocycles. The van der Waals surface area contributed by atoms with E-state index >= 15 is 0 Å². The Labute approximate surface area is 145 Å². The average molecular weight is 358 g/mol. The van der Waals surface area contributed by atoms with E-state index < -0.39 is 0 Å². The zero-order chi connectivity index (χ0) is 17.6. The highest BCUT2D eigenvalue weighted by Crippen LogP contribution is 2.38. The van der Waals surface area contributed by atoms with Crippen LogP contribution in [0, 0.1) is 12.3 Å². The predicted octanol–water partition coefficient (Wildman–Crippen LogP) is 2.24. The average Bonchev–Trinajstić information content (AvgIpc) is 2.87. The van der Waals surface area contributed by atoms with Gasteiger partial charge < -0.3 is 11.1 Å². The smallest absolute Gasteiger partial charge is 0.226 e. The molecule has 136 valence electrons. The minimum absolute atomic E-state index is 0.0456. The predicted molar refractivity (Wildman–Crippen MR) is 89.7 cm³/mol. The summed E-state index contributed by atoms with van der Waals surface area (Å²) in [6.07, 6.45) is 6.42. The number of carbonyl (C=O) groups excluding carboxylic acids is 1.